The molecule has 2 aromatic rings. The van der Waals surface area contributed by atoms with Gasteiger partial charge < -0.3 is 0 Å². The number of nitro benzene ring substituents is 1. The summed E-state index contributed by atoms with van der Waals surface area (Å²) in [6.07, 6.45) is 0. The van der Waals surface area contributed by atoms with E-state index in [2.05, 4.69) is 10.9 Å². The first-order valence-electron chi connectivity index (χ1n) is 6.18. The zero-order valence-corrected chi connectivity index (χ0v) is 12.1. The van der Waals surface area contributed by atoms with E-state index in [1.807, 2.05) is 0 Å². The summed E-state index contributed by atoms with van der Waals surface area (Å²) >= 11 is 5.81. The van der Waals surface area contributed by atoms with Gasteiger partial charge in [-0.25, -0.2) is 4.39 Å². The van der Waals surface area contributed by atoms with Gasteiger partial charge in [0.2, 0.25) is 0 Å². The summed E-state index contributed by atoms with van der Waals surface area (Å²) in [6, 6.07) is 7.99. The molecule has 0 aliphatic heterocycles. The number of amides is 2. The van der Waals surface area contributed by atoms with Crippen molar-refractivity contribution < 1.29 is 18.9 Å². The quantitative estimate of drug-likeness (QED) is 0.663. The average molecular weight is 338 g/mol. The van der Waals surface area contributed by atoms with E-state index in [1.165, 1.54) is 18.2 Å². The highest BCUT2D eigenvalue weighted by Crippen LogP contribution is 2.21. The Morgan fingerprint density at radius 3 is 2.26 bits per heavy atom. The number of carbonyl (C=O) groups is 2. The summed E-state index contributed by atoms with van der Waals surface area (Å²) in [7, 11) is 0. The molecule has 0 radical (unpaired) electrons. The normalized spacial score (nSPS) is 10.0. The van der Waals surface area contributed by atoms with E-state index in [0.29, 0.717) is 0 Å². The van der Waals surface area contributed by atoms with Crippen LogP contribution in [0.15, 0.2) is 42.5 Å². The molecule has 2 aromatic carbocycles. The maximum Gasteiger partial charge on any atom is 0.271 e. The summed E-state index contributed by atoms with van der Waals surface area (Å²) in [5.74, 6) is -2.01. The molecule has 0 spiro atoms. The third kappa shape index (κ3) is 4.01. The van der Waals surface area contributed by atoms with Crippen LogP contribution in [0.1, 0.15) is 20.7 Å². The highest BCUT2D eigenvalue weighted by Gasteiger charge is 2.16. The van der Waals surface area contributed by atoms with Crippen molar-refractivity contribution in [1.29, 1.82) is 0 Å². The van der Waals surface area contributed by atoms with Gasteiger partial charge in [-0.15, -0.1) is 0 Å². The van der Waals surface area contributed by atoms with Crippen molar-refractivity contribution in [2.75, 3.05) is 0 Å². The minimum atomic E-state index is -0.825. The third-order valence-corrected chi connectivity index (χ3v) is 3.13. The van der Waals surface area contributed by atoms with Crippen LogP contribution < -0.4 is 10.9 Å². The Balaban J connectivity index is 2.07. The van der Waals surface area contributed by atoms with Gasteiger partial charge in [0.25, 0.3) is 17.5 Å². The molecule has 118 valence electrons. The molecular weight excluding hydrogens is 329 g/mol. The first-order chi connectivity index (χ1) is 10.9. The van der Waals surface area contributed by atoms with Crippen LogP contribution in [-0.2, 0) is 0 Å². The Hall–Kier alpha value is -3.00. The number of hydrogen-bond acceptors (Lipinski definition) is 4. The molecule has 0 aliphatic rings. The molecule has 0 atom stereocenters. The molecule has 23 heavy (non-hydrogen) atoms. The lowest BCUT2D eigenvalue weighted by Gasteiger charge is -2.08. The Kier molecular flexibility index (Phi) is 4.87. The standard InChI is InChI=1S/C14H9ClFN3O4/c15-12-6-5-10(19(22)23)7-11(12)14(21)18-17-13(20)8-1-3-9(16)4-2-8/h1-7H,(H,17,20)(H,18,21). The number of hydrazine groups is 1. The summed E-state index contributed by atoms with van der Waals surface area (Å²) in [6.45, 7) is 0. The number of rotatable bonds is 3. The van der Waals surface area contributed by atoms with Crippen LogP contribution in [0.25, 0.3) is 0 Å². The highest BCUT2D eigenvalue weighted by molar-refractivity contribution is 6.34. The van der Waals surface area contributed by atoms with Gasteiger partial charge in [0, 0.05) is 17.7 Å². The average Bonchev–Trinajstić information content (AvgIpc) is 2.53. The molecular formula is C14H9ClFN3O4. The molecule has 7 nitrogen and oxygen atoms in total. The minimum absolute atomic E-state index is 0.0101. The molecule has 0 heterocycles. The van der Waals surface area contributed by atoms with Crippen molar-refractivity contribution >= 4 is 29.1 Å². The van der Waals surface area contributed by atoms with E-state index in [-0.39, 0.29) is 21.8 Å². The lowest BCUT2D eigenvalue weighted by atomic mass is 10.2. The van der Waals surface area contributed by atoms with Crippen LogP contribution in [0.5, 0.6) is 0 Å². The lowest BCUT2D eigenvalue weighted by molar-refractivity contribution is -0.384. The second kappa shape index (κ2) is 6.84. The fourth-order valence-corrected chi connectivity index (χ4v) is 1.86. The summed E-state index contributed by atoms with van der Waals surface area (Å²) in [4.78, 5) is 33.7. The van der Waals surface area contributed by atoms with Crippen molar-refractivity contribution in [3.63, 3.8) is 0 Å². The van der Waals surface area contributed by atoms with Gasteiger partial charge in [-0.2, -0.15) is 0 Å². The second-order valence-electron chi connectivity index (χ2n) is 4.34. The molecule has 0 unspecified atom stereocenters. The highest BCUT2D eigenvalue weighted by atomic mass is 35.5. The number of hydrogen-bond donors (Lipinski definition) is 2. The van der Waals surface area contributed by atoms with E-state index >= 15 is 0 Å². The van der Waals surface area contributed by atoms with Crippen LogP contribution in [0.3, 0.4) is 0 Å². The van der Waals surface area contributed by atoms with Crippen LogP contribution >= 0.6 is 11.6 Å². The van der Waals surface area contributed by atoms with Crippen LogP contribution in [0.2, 0.25) is 5.02 Å². The zero-order chi connectivity index (χ0) is 17.0. The first-order valence-corrected chi connectivity index (χ1v) is 6.56. The molecule has 0 saturated carbocycles. The molecule has 0 aliphatic carbocycles. The minimum Gasteiger partial charge on any atom is -0.267 e. The van der Waals surface area contributed by atoms with Crippen molar-refractivity contribution in [2.45, 2.75) is 0 Å². The summed E-state index contributed by atoms with van der Waals surface area (Å²) in [5, 5.41) is 10.7. The number of halogens is 2. The molecule has 0 bridgehead atoms. The molecule has 9 heteroatoms. The largest absolute Gasteiger partial charge is 0.271 e. The SMILES string of the molecule is O=C(NNC(=O)c1cc([N+](=O)[O-])ccc1Cl)c1ccc(F)cc1. The summed E-state index contributed by atoms with van der Waals surface area (Å²) in [5.41, 5.74) is 3.82. The van der Waals surface area contributed by atoms with Gasteiger partial charge in [0.15, 0.2) is 0 Å². The van der Waals surface area contributed by atoms with Crippen molar-refractivity contribution in [3.8, 4) is 0 Å². The Morgan fingerprint density at radius 2 is 1.65 bits per heavy atom. The van der Waals surface area contributed by atoms with E-state index < -0.39 is 22.6 Å². The predicted molar refractivity (Wildman–Crippen MR) is 79.4 cm³/mol. The van der Waals surface area contributed by atoms with Crippen molar-refractivity contribution in [1.82, 2.24) is 10.9 Å². The number of carbonyl (C=O) groups excluding carboxylic acids is 2. The van der Waals surface area contributed by atoms with E-state index in [9.17, 15) is 24.1 Å². The van der Waals surface area contributed by atoms with E-state index in [0.717, 1.165) is 24.3 Å². The molecule has 2 N–H and O–H groups in total. The van der Waals surface area contributed by atoms with Gasteiger partial charge in [0.05, 0.1) is 15.5 Å². The number of nitrogens with zero attached hydrogens (tertiary/aromatic N) is 1. The second-order valence-corrected chi connectivity index (χ2v) is 4.74. The number of non-ortho nitro benzene ring substituents is 1. The first kappa shape index (κ1) is 16.4. The Morgan fingerprint density at radius 1 is 1.04 bits per heavy atom. The number of nitrogens with one attached hydrogen (secondary N) is 2. The third-order valence-electron chi connectivity index (χ3n) is 2.80. The summed E-state index contributed by atoms with van der Waals surface area (Å²) < 4.78 is 12.8. The zero-order valence-electron chi connectivity index (χ0n) is 11.4. The van der Waals surface area contributed by atoms with Gasteiger partial charge in [-0.3, -0.25) is 30.6 Å². The van der Waals surface area contributed by atoms with Crippen LogP contribution in [0, 0.1) is 15.9 Å². The molecule has 0 saturated heterocycles. The van der Waals surface area contributed by atoms with Crippen LogP contribution in [-0.4, -0.2) is 16.7 Å². The van der Waals surface area contributed by atoms with Crippen molar-refractivity contribution in [2.24, 2.45) is 0 Å². The van der Waals surface area contributed by atoms with Gasteiger partial charge in [0.1, 0.15) is 5.82 Å². The van der Waals surface area contributed by atoms with Crippen LogP contribution in [0.4, 0.5) is 10.1 Å². The monoisotopic (exact) mass is 337 g/mol. The lowest BCUT2D eigenvalue weighted by Crippen LogP contribution is -2.41. The van der Waals surface area contributed by atoms with Gasteiger partial charge in [-0.05, 0) is 30.3 Å². The molecule has 2 amide bonds. The maximum atomic E-state index is 12.8. The maximum absolute atomic E-state index is 12.8. The molecule has 0 fully saturated rings. The predicted octanol–water partition coefficient (Wildman–Crippen LogP) is 2.46. The number of benzene rings is 2. The Labute approximate surface area is 134 Å². The fourth-order valence-electron chi connectivity index (χ4n) is 1.66. The van der Waals surface area contributed by atoms with Gasteiger partial charge in [-0.1, -0.05) is 11.6 Å². The van der Waals surface area contributed by atoms with E-state index in [1.54, 1.807) is 0 Å². The van der Waals surface area contributed by atoms with Gasteiger partial charge >= 0.3 is 0 Å². The molecule has 0 aromatic heterocycles. The molecule has 2 rings (SSSR count). The smallest absolute Gasteiger partial charge is 0.267 e. The fraction of sp³-hybridized carbons (Fsp3) is 0. The van der Waals surface area contributed by atoms with Crippen molar-refractivity contribution in [3.05, 3.63) is 74.5 Å². The Bertz CT molecular complexity index is 780. The topological polar surface area (TPSA) is 101 Å². The van der Waals surface area contributed by atoms with E-state index in [4.69, 9.17) is 11.6 Å². The number of nitro groups is 1.